The number of hydrogen-bond acceptors (Lipinski definition) is 8. The van der Waals surface area contributed by atoms with Gasteiger partial charge in [-0.15, -0.1) is 0 Å². The molecule has 2 heterocycles. The summed E-state index contributed by atoms with van der Waals surface area (Å²) >= 11 is 7.60. The monoisotopic (exact) mass is 556 g/mol. The summed E-state index contributed by atoms with van der Waals surface area (Å²) in [5.41, 5.74) is 1.90. The predicted octanol–water partition coefficient (Wildman–Crippen LogP) is 4.26. The lowest BCUT2D eigenvalue weighted by Gasteiger charge is -2.25. The Kier molecular flexibility index (Phi) is 8.58. The minimum absolute atomic E-state index is 0.193. The molecule has 38 heavy (non-hydrogen) atoms. The molecule has 2 aromatic carbocycles. The summed E-state index contributed by atoms with van der Waals surface area (Å²) in [6, 6.07) is 9.95. The molecule has 0 N–H and O–H groups in total. The maximum Gasteiger partial charge on any atom is 0.338 e. The molecule has 1 aliphatic heterocycles. The van der Waals surface area contributed by atoms with Crippen LogP contribution in [-0.2, 0) is 9.53 Å². The Morgan fingerprint density at radius 3 is 2.42 bits per heavy atom. The molecule has 200 valence electrons. The van der Waals surface area contributed by atoms with Crippen molar-refractivity contribution in [2.45, 2.75) is 33.7 Å². The quantitative estimate of drug-likeness (QED) is 0.366. The first-order valence-electron chi connectivity index (χ1n) is 12.3. The van der Waals surface area contributed by atoms with Crippen LogP contribution in [0.25, 0.3) is 6.08 Å². The molecular weight excluding hydrogens is 528 g/mol. The van der Waals surface area contributed by atoms with Gasteiger partial charge in [-0.2, -0.15) is 0 Å². The lowest BCUT2D eigenvalue weighted by Crippen LogP contribution is -2.40. The van der Waals surface area contributed by atoms with Gasteiger partial charge in [0.05, 0.1) is 53.8 Å². The number of allylic oxidation sites excluding steroid dienone is 1. The van der Waals surface area contributed by atoms with E-state index in [9.17, 15) is 9.59 Å². The summed E-state index contributed by atoms with van der Waals surface area (Å²) in [5, 5.41) is 0.452. The Labute approximate surface area is 229 Å². The van der Waals surface area contributed by atoms with Crippen LogP contribution in [0.5, 0.6) is 17.2 Å². The van der Waals surface area contributed by atoms with Gasteiger partial charge < -0.3 is 18.9 Å². The molecule has 0 bridgehead atoms. The van der Waals surface area contributed by atoms with E-state index in [2.05, 4.69) is 4.99 Å². The normalized spacial score (nSPS) is 15.1. The number of hydrogen-bond donors (Lipinski definition) is 0. The molecule has 0 spiro atoms. The van der Waals surface area contributed by atoms with Gasteiger partial charge in [0.15, 0.2) is 16.3 Å². The topological polar surface area (TPSA) is 88.4 Å². The molecule has 3 aromatic rings. The van der Waals surface area contributed by atoms with E-state index >= 15 is 0 Å². The first-order valence-corrected chi connectivity index (χ1v) is 13.4. The van der Waals surface area contributed by atoms with Gasteiger partial charge in [0.25, 0.3) is 5.56 Å². The third-order valence-corrected chi connectivity index (χ3v) is 7.15. The molecule has 0 amide bonds. The fourth-order valence-electron chi connectivity index (χ4n) is 4.27. The summed E-state index contributed by atoms with van der Waals surface area (Å²) in [5.74, 6) is 1.11. The summed E-state index contributed by atoms with van der Waals surface area (Å²) < 4.78 is 24.1. The SMILES string of the molecule is CCOC(=O)C1=C(C)N=c2sc(=Cc3ccc(OCC)c(Cl)c3)c(=O)n2[C@H]1c1ccc(OC)c(OCC)c1. The number of fused-ring (bicyclic) bond motifs is 1. The van der Waals surface area contributed by atoms with Crippen LogP contribution in [0.4, 0.5) is 0 Å². The van der Waals surface area contributed by atoms with Gasteiger partial charge in [-0.3, -0.25) is 9.36 Å². The first-order chi connectivity index (χ1) is 18.3. The molecule has 1 aliphatic rings. The van der Waals surface area contributed by atoms with Crippen LogP contribution in [-0.4, -0.2) is 37.5 Å². The van der Waals surface area contributed by atoms with Gasteiger partial charge in [0, 0.05) is 0 Å². The van der Waals surface area contributed by atoms with Gasteiger partial charge >= 0.3 is 5.97 Å². The average molecular weight is 557 g/mol. The number of aromatic nitrogens is 1. The van der Waals surface area contributed by atoms with E-state index in [0.29, 0.717) is 61.7 Å². The van der Waals surface area contributed by atoms with Crippen LogP contribution in [0, 0.1) is 0 Å². The number of ether oxygens (including phenoxy) is 4. The Morgan fingerprint density at radius 2 is 1.76 bits per heavy atom. The number of thiazole rings is 1. The van der Waals surface area contributed by atoms with Crippen LogP contribution < -0.4 is 29.1 Å². The third kappa shape index (κ3) is 5.35. The standard InChI is InChI=1S/C28H29ClN2O6S/c1-6-35-20-11-9-17(13-19(20)29)14-23-26(32)31-25(18-10-12-21(34-5)22(15-18)36-7-2)24(27(33)37-8-3)16(4)30-28(31)38-23/h9-15,25H,6-8H2,1-5H3/t25-/m0/s1. The second-order valence-corrected chi connectivity index (χ2v) is 9.68. The number of carbonyl (C=O) groups excluding carboxylic acids is 1. The number of rotatable bonds is 9. The molecule has 0 radical (unpaired) electrons. The molecule has 8 nitrogen and oxygen atoms in total. The van der Waals surface area contributed by atoms with E-state index in [0.717, 1.165) is 5.56 Å². The summed E-state index contributed by atoms with van der Waals surface area (Å²) in [6.07, 6.45) is 1.76. The van der Waals surface area contributed by atoms with Crippen molar-refractivity contribution < 1.29 is 23.7 Å². The second-order valence-electron chi connectivity index (χ2n) is 8.27. The highest BCUT2D eigenvalue weighted by Gasteiger charge is 2.34. The zero-order valence-electron chi connectivity index (χ0n) is 21.9. The van der Waals surface area contributed by atoms with Crippen molar-refractivity contribution in [1.82, 2.24) is 4.57 Å². The zero-order chi connectivity index (χ0) is 27.4. The number of nitrogens with zero attached hydrogens (tertiary/aromatic N) is 2. The number of halogens is 1. The van der Waals surface area contributed by atoms with Crippen molar-refractivity contribution in [3.8, 4) is 17.2 Å². The molecule has 0 saturated heterocycles. The maximum absolute atomic E-state index is 13.8. The van der Waals surface area contributed by atoms with Gasteiger partial charge in [-0.05, 0) is 69.2 Å². The maximum atomic E-state index is 13.8. The third-order valence-electron chi connectivity index (χ3n) is 5.87. The predicted molar refractivity (Wildman–Crippen MR) is 147 cm³/mol. The van der Waals surface area contributed by atoms with Crippen molar-refractivity contribution in [3.63, 3.8) is 0 Å². The van der Waals surface area contributed by atoms with Gasteiger partial charge in [0.1, 0.15) is 5.75 Å². The van der Waals surface area contributed by atoms with E-state index in [1.165, 1.54) is 15.9 Å². The molecule has 4 rings (SSSR count). The lowest BCUT2D eigenvalue weighted by molar-refractivity contribution is -0.139. The molecular formula is C28H29ClN2O6S. The summed E-state index contributed by atoms with van der Waals surface area (Å²) in [4.78, 5) is 32.0. The van der Waals surface area contributed by atoms with E-state index in [-0.39, 0.29) is 12.2 Å². The highest BCUT2D eigenvalue weighted by Crippen LogP contribution is 2.36. The van der Waals surface area contributed by atoms with Crippen LogP contribution >= 0.6 is 22.9 Å². The van der Waals surface area contributed by atoms with Crippen molar-refractivity contribution in [3.05, 3.63) is 83.5 Å². The lowest BCUT2D eigenvalue weighted by atomic mass is 9.95. The fraction of sp³-hybridized carbons (Fsp3) is 0.321. The molecule has 0 fully saturated rings. The molecule has 0 unspecified atom stereocenters. The van der Waals surface area contributed by atoms with Crippen molar-refractivity contribution in [1.29, 1.82) is 0 Å². The van der Waals surface area contributed by atoms with E-state index in [1.54, 1.807) is 51.3 Å². The van der Waals surface area contributed by atoms with Gasteiger partial charge in [0.2, 0.25) is 0 Å². The van der Waals surface area contributed by atoms with Crippen LogP contribution in [0.1, 0.15) is 44.9 Å². The second kappa shape index (κ2) is 11.9. The number of methoxy groups -OCH3 is 1. The summed E-state index contributed by atoms with van der Waals surface area (Å²) in [7, 11) is 1.56. The number of benzene rings is 2. The molecule has 1 atom stereocenters. The Balaban J connectivity index is 1.92. The van der Waals surface area contributed by atoms with Crippen LogP contribution in [0.15, 0.2) is 57.5 Å². The zero-order valence-corrected chi connectivity index (χ0v) is 23.4. The minimum atomic E-state index is -0.763. The van der Waals surface area contributed by atoms with E-state index in [4.69, 9.17) is 30.5 Å². The smallest absolute Gasteiger partial charge is 0.338 e. The largest absolute Gasteiger partial charge is 0.493 e. The minimum Gasteiger partial charge on any atom is -0.493 e. The highest BCUT2D eigenvalue weighted by atomic mass is 35.5. The van der Waals surface area contributed by atoms with E-state index in [1.807, 2.05) is 26.0 Å². The van der Waals surface area contributed by atoms with Crippen LogP contribution in [0.3, 0.4) is 0 Å². The average Bonchev–Trinajstić information content (AvgIpc) is 3.19. The van der Waals surface area contributed by atoms with Crippen molar-refractivity contribution in [2.24, 2.45) is 4.99 Å². The van der Waals surface area contributed by atoms with Gasteiger partial charge in [-0.1, -0.05) is 35.1 Å². The fourth-order valence-corrected chi connectivity index (χ4v) is 5.56. The molecule has 1 aromatic heterocycles. The van der Waals surface area contributed by atoms with Crippen molar-refractivity contribution in [2.75, 3.05) is 26.9 Å². The number of esters is 1. The molecule has 0 aliphatic carbocycles. The van der Waals surface area contributed by atoms with Crippen molar-refractivity contribution >= 4 is 35.0 Å². The first kappa shape index (κ1) is 27.5. The Morgan fingerprint density at radius 1 is 1.05 bits per heavy atom. The Hall–Kier alpha value is -3.56. The number of carbonyl (C=O) groups is 1. The molecule has 10 heteroatoms. The van der Waals surface area contributed by atoms with Crippen LogP contribution in [0.2, 0.25) is 5.02 Å². The van der Waals surface area contributed by atoms with E-state index < -0.39 is 12.0 Å². The molecule has 0 saturated carbocycles. The van der Waals surface area contributed by atoms with Gasteiger partial charge in [-0.25, -0.2) is 9.79 Å². The highest BCUT2D eigenvalue weighted by molar-refractivity contribution is 7.07. The summed E-state index contributed by atoms with van der Waals surface area (Å²) in [6.45, 7) is 8.35. The Bertz CT molecular complexity index is 1570.